The Labute approximate surface area is 134 Å². The SMILES string of the molecule is O=C(Nc1ccc(F)c(Cl)c1)C1CCCN(C(=O)C(F)(F)F)C1. The van der Waals surface area contributed by atoms with Crippen LogP contribution in [0.25, 0.3) is 0 Å². The lowest BCUT2D eigenvalue weighted by molar-refractivity contribution is -0.187. The first-order valence-corrected chi connectivity index (χ1v) is 7.18. The minimum atomic E-state index is -4.96. The van der Waals surface area contributed by atoms with E-state index in [1.54, 1.807) is 0 Å². The average molecular weight is 353 g/mol. The molecule has 1 unspecified atom stereocenters. The predicted octanol–water partition coefficient (Wildman–Crippen LogP) is 3.22. The maximum Gasteiger partial charge on any atom is 0.471 e. The van der Waals surface area contributed by atoms with Crippen LogP contribution in [-0.4, -0.2) is 36.0 Å². The number of hydrogen-bond acceptors (Lipinski definition) is 2. The third-order valence-corrected chi connectivity index (χ3v) is 3.80. The van der Waals surface area contributed by atoms with Crippen LogP contribution in [0.1, 0.15) is 12.8 Å². The van der Waals surface area contributed by atoms with Gasteiger partial charge in [0, 0.05) is 18.8 Å². The summed E-state index contributed by atoms with van der Waals surface area (Å²) in [6.07, 6.45) is -4.30. The molecular formula is C14H13ClF4N2O2. The zero-order valence-electron chi connectivity index (χ0n) is 11.8. The van der Waals surface area contributed by atoms with Gasteiger partial charge in [-0.3, -0.25) is 9.59 Å². The number of rotatable bonds is 2. The molecule has 1 aromatic rings. The predicted molar refractivity (Wildman–Crippen MR) is 75.4 cm³/mol. The number of nitrogens with zero attached hydrogens (tertiary/aromatic N) is 1. The molecule has 0 spiro atoms. The number of likely N-dealkylation sites (tertiary alicyclic amines) is 1. The summed E-state index contributed by atoms with van der Waals surface area (Å²) in [5.74, 6) is -3.89. The topological polar surface area (TPSA) is 49.4 Å². The average Bonchev–Trinajstić information content (AvgIpc) is 2.49. The first-order chi connectivity index (χ1) is 10.7. The van der Waals surface area contributed by atoms with Gasteiger partial charge in [-0.2, -0.15) is 13.2 Å². The number of nitrogens with one attached hydrogen (secondary N) is 1. The van der Waals surface area contributed by atoms with Crippen molar-refractivity contribution in [2.45, 2.75) is 19.0 Å². The Kier molecular flexibility index (Phi) is 5.13. The minimum Gasteiger partial charge on any atom is -0.334 e. The van der Waals surface area contributed by atoms with Gasteiger partial charge in [-0.05, 0) is 31.0 Å². The van der Waals surface area contributed by atoms with E-state index >= 15 is 0 Å². The van der Waals surface area contributed by atoms with Gasteiger partial charge in [-0.1, -0.05) is 11.6 Å². The van der Waals surface area contributed by atoms with Gasteiger partial charge in [0.05, 0.1) is 10.9 Å². The van der Waals surface area contributed by atoms with Crippen molar-refractivity contribution in [3.63, 3.8) is 0 Å². The van der Waals surface area contributed by atoms with Crippen LogP contribution in [0.5, 0.6) is 0 Å². The van der Waals surface area contributed by atoms with Crippen LogP contribution in [0.4, 0.5) is 23.2 Å². The van der Waals surface area contributed by atoms with E-state index in [-0.39, 0.29) is 23.8 Å². The van der Waals surface area contributed by atoms with E-state index < -0.39 is 29.7 Å². The molecule has 1 heterocycles. The number of alkyl halides is 3. The van der Waals surface area contributed by atoms with Crippen molar-refractivity contribution in [3.05, 3.63) is 29.0 Å². The second kappa shape index (κ2) is 6.74. The van der Waals surface area contributed by atoms with Crippen molar-refractivity contribution in [3.8, 4) is 0 Å². The molecule has 0 radical (unpaired) electrons. The normalized spacial score (nSPS) is 18.7. The van der Waals surface area contributed by atoms with E-state index in [1.807, 2.05) is 0 Å². The molecule has 1 aliphatic rings. The van der Waals surface area contributed by atoms with E-state index in [9.17, 15) is 27.2 Å². The Morgan fingerprint density at radius 2 is 2.00 bits per heavy atom. The zero-order valence-corrected chi connectivity index (χ0v) is 12.5. The van der Waals surface area contributed by atoms with Crippen LogP contribution in [0.2, 0.25) is 5.02 Å². The van der Waals surface area contributed by atoms with Crippen LogP contribution >= 0.6 is 11.6 Å². The molecule has 2 rings (SSSR count). The molecule has 0 aliphatic carbocycles. The molecular weight excluding hydrogens is 340 g/mol. The Balaban J connectivity index is 2.02. The van der Waals surface area contributed by atoms with Gasteiger partial charge in [0.15, 0.2) is 0 Å². The number of amides is 2. The van der Waals surface area contributed by atoms with Gasteiger partial charge >= 0.3 is 12.1 Å². The third-order valence-electron chi connectivity index (χ3n) is 3.51. The van der Waals surface area contributed by atoms with Crippen molar-refractivity contribution in [2.75, 3.05) is 18.4 Å². The largest absolute Gasteiger partial charge is 0.471 e. The summed E-state index contributed by atoms with van der Waals surface area (Å²) in [5, 5.41) is 2.29. The van der Waals surface area contributed by atoms with E-state index in [0.717, 1.165) is 6.07 Å². The number of carbonyl (C=O) groups excluding carboxylic acids is 2. The number of anilines is 1. The fraction of sp³-hybridized carbons (Fsp3) is 0.429. The van der Waals surface area contributed by atoms with Gasteiger partial charge < -0.3 is 10.2 Å². The standard InChI is InChI=1S/C14H13ClF4N2O2/c15-10-6-9(3-4-11(10)16)20-12(22)8-2-1-5-21(7-8)13(23)14(17,18)19/h3-4,6,8H,1-2,5,7H2,(H,20,22). The van der Waals surface area contributed by atoms with Crippen LogP contribution < -0.4 is 5.32 Å². The van der Waals surface area contributed by atoms with Gasteiger partial charge in [-0.15, -0.1) is 0 Å². The molecule has 23 heavy (non-hydrogen) atoms. The maximum absolute atomic E-state index is 13.0. The fourth-order valence-electron chi connectivity index (χ4n) is 2.37. The molecule has 1 N–H and O–H groups in total. The highest BCUT2D eigenvalue weighted by Gasteiger charge is 2.44. The smallest absolute Gasteiger partial charge is 0.334 e. The van der Waals surface area contributed by atoms with Crippen molar-refractivity contribution in [1.82, 2.24) is 4.90 Å². The van der Waals surface area contributed by atoms with E-state index in [4.69, 9.17) is 11.6 Å². The first-order valence-electron chi connectivity index (χ1n) is 6.80. The first kappa shape index (κ1) is 17.5. The monoisotopic (exact) mass is 352 g/mol. The Hall–Kier alpha value is -1.83. The molecule has 0 aromatic heterocycles. The summed E-state index contributed by atoms with van der Waals surface area (Å²) in [7, 11) is 0. The summed E-state index contributed by atoms with van der Waals surface area (Å²) < 4.78 is 50.4. The van der Waals surface area contributed by atoms with Crippen LogP contribution in [-0.2, 0) is 9.59 Å². The highest BCUT2D eigenvalue weighted by atomic mass is 35.5. The molecule has 4 nitrogen and oxygen atoms in total. The lowest BCUT2D eigenvalue weighted by atomic mass is 9.97. The van der Waals surface area contributed by atoms with Gasteiger partial charge in [0.2, 0.25) is 5.91 Å². The number of piperidine rings is 1. The third kappa shape index (κ3) is 4.34. The van der Waals surface area contributed by atoms with E-state index in [0.29, 0.717) is 17.7 Å². The molecule has 9 heteroatoms. The lowest BCUT2D eigenvalue weighted by Gasteiger charge is -2.32. The second-order valence-corrected chi connectivity index (χ2v) is 5.61. The highest BCUT2D eigenvalue weighted by Crippen LogP contribution is 2.25. The molecule has 2 amide bonds. The van der Waals surface area contributed by atoms with E-state index in [1.165, 1.54) is 12.1 Å². The number of halogens is 5. The molecule has 126 valence electrons. The molecule has 0 bridgehead atoms. The van der Waals surface area contributed by atoms with Crippen LogP contribution in [0.15, 0.2) is 18.2 Å². The molecule has 1 fully saturated rings. The summed E-state index contributed by atoms with van der Waals surface area (Å²) in [6, 6.07) is 3.56. The summed E-state index contributed by atoms with van der Waals surface area (Å²) >= 11 is 5.59. The summed E-state index contributed by atoms with van der Waals surface area (Å²) in [6.45, 7) is -0.344. The van der Waals surface area contributed by atoms with Gasteiger partial charge in [0.25, 0.3) is 0 Å². The quantitative estimate of drug-likeness (QED) is 0.831. The number of carbonyl (C=O) groups is 2. The summed E-state index contributed by atoms with van der Waals surface area (Å²) in [4.78, 5) is 24.0. The molecule has 1 aliphatic heterocycles. The minimum absolute atomic E-state index is 0.0372. The Morgan fingerprint density at radius 3 is 2.61 bits per heavy atom. The zero-order chi connectivity index (χ0) is 17.2. The van der Waals surface area contributed by atoms with Crippen LogP contribution in [0.3, 0.4) is 0 Å². The Morgan fingerprint density at radius 1 is 1.30 bits per heavy atom. The van der Waals surface area contributed by atoms with Crippen LogP contribution in [0, 0.1) is 11.7 Å². The molecule has 1 atom stereocenters. The maximum atomic E-state index is 13.0. The van der Waals surface area contributed by atoms with Crippen molar-refractivity contribution >= 4 is 29.1 Å². The van der Waals surface area contributed by atoms with Crippen molar-refractivity contribution < 1.29 is 27.2 Å². The highest BCUT2D eigenvalue weighted by molar-refractivity contribution is 6.31. The van der Waals surface area contributed by atoms with Gasteiger partial charge in [-0.25, -0.2) is 4.39 Å². The van der Waals surface area contributed by atoms with Crippen molar-refractivity contribution in [1.29, 1.82) is 0 Å². The second-order valence-electron chi connectivity index (χ2n) is 5.21. The number of hydrogen-bond donors (Lipinski definition) is 1. The van der Waals surface area contributed by atoms with Crippen molar-refractivity contribution in [2.24, 2.45) is 5.92 Å². The van der Waals surface area contributed by atoms with Gasteiger partial charge in [0.1, 0.15) is 5.82 Å². The molecule has 1 aromatic carbocycles. The van der Waals surface area contributed by atoms with E-state index in [2.05, 4.69) is 5.32 Å². The Bertz CT molecular complexity index is 621. The molecule has 0 saturated carbocycles. The number of benzene rings is 1. The summed E-state index contributed by atoms with van der Waals surface area (Å²) in [5.41, 5.74) is 0.237. The molecule has 1 saturated heterocycles. The lowest BCUT2D eigenvalue weighted by Crippen LogP contribution is -2.48. The fourth-order valence-corrected chi connectivity index (χ4v) is 2.55.